The molecule has 0 spiro atoms. The van der Waals surface area contributed by atoms with Gasteiger partial charge in [-0.25, -0.2) is 0 Å². The number of carbonyl (C=O) groups excluding carboxylic acids is 1. The highest BCUT2D eigenvalue weighted by atomic mass is 35.5. The lowest BCUT2D eigenvalue weighted by atomic mass is 10.1. The number of carbonyl (C=O) groups is 1. The van der Waals surface area contributed by atoms with Crippen LogP contribution in [0, 0.1) is 10.1 Å². The number of benzene rings is 2. The number of amides is 1. The molecule has 2 rings (SSSR count). The Kier molecular flexibility index (Phi) is 7.01. The van der Waals surface area contributed by atoms with Crippen LogP contribution in [0.4, 0.5) is 11.4 Å². The Bertz CT molecular complexity index is 860. The lowest BCUT2D eigenvalue weighted by molar-refractivity contribution is -0.384. The molecule has 144 valence electrons. The first-order valence-corrected chi connectivity index (χ1v) is 8.76. The molecule has 2 aromatic rings. The number of hydrogen-bond acceptors (Lipinski definition) is 5. The molecule has 0 aliphatic heterocycles. The van der Waals surface area contributed by atoms with E-state index >= 15 is 0 Å². The number of nitro benzene ring substituents is 1. The van der Waals surface area contributed by atoms with E-state index in [1.165, 1.54) is 25.3 Å². The molecular formula is C18H19Cl2N3O4. The minimum atomic E-state index is -0.526. The van der Waals surface area contributed by atoms with Crippen LogP contribution in [0.3, 0.4) is 0 Å². The second kappa shape index (κ2) is 9.03. The van der Waals surface area contributed by atoms with Crippen molar-refractivity contribution < 1.29 is 14.5 Å². The second-order valence-electron chi connectivity index (χ2n) is 5.97. The number of methoxy groups -OCH3 is 1. The highest BCUT2D eigenvalue weighted by Crippen LogP contribution is 2.29. The molecule has 0 aromatic heterocycles. The molecule has 1 N–H and O–H groups in total. The van der Waals surface area contributed by atoms with E-state index in [1.807, 2.05) is 11.0 Å². The van der Waals surface area contributed by atoms with Gasteiger partial charge in [0, 0.05) is 12.6 Å². The van der Waals surface area contributed by atoms with E-state index < -0.39 is 11.0 Å². The Hall–Kier alpha value is -2.35. The summed E-state index contributed by atoms with van der Waals surface area (Å²) in [6, 6.07) is 8.85. The summed E-state index contributed by atoms with van der Waals surface area (Å²) in [7, 11) is 3.19. The number of nitrogens with one attached hydrogen (secondary N) is 1. The van der Waals surface area contributed by atoms with Crippen LogP contribution >= 0.6 is 23.2 Å². The Labute approximate surface area is 167 Å². The van der Waals surface area contributed by atoms with Crippen LogP contribution in [-0.4, -0.2) is 35.9 Å². The predicted octanol–water partition coefficient (Wildman–Crippen LogP) is 4.37. The zero-order chi connectivity index (χ0) is 20.1. The van der Waals surface area contributed by atoms with Gasteiger partial charge < -0.3 is 10.1 Å². The summed E-state index contributed by atoms with van der Waals surface area (Å²) in [4.78, 5) is 24.7. The van der Waals surface area contributed by atoms with E-state index in [-0.39, 0.29) is 17.3 Å². The third kappa shape index (κ3) is 5.32. The Morgan fingerprint density at radius 3 is 2.56 bits per heavy atom. The van der Waals surface area contributed by atoms with Crippen LogP contribution in [0.15, 0.2) is 36.4 Å². The molecule has 0 saturated heterocycles. The molecule has 0 fully saturated rings. The fourth-order valence-electron chi connectivity index (χ4n) is 2.40. The molecule has 0 saturated carbocycles. The topological polar surface area (TPSA) is 84.7 Å². The third-order valence-corrected chi connectivity index (χ3v) is 4.85. The molecule has 0 heterocycles. The van der Waals surface area contributed by atoms with E-state index in [1.54, 1.807) is 26.1 Å². The van der Waals surface area contributed by atoms with E-state index in [4.69, 9.17) is 27.9 Å². The van der Waals surface area contributed by atoms with Crippen LogP contribution in [0.25, 0.3) is 0 Å². The number of nitrogens with zero attached hydrogens (tertiary/aromatic N) is 2. The van der Waals surface area contributed by atoms with Crippen LogP contribution in [-0.2, 0) is 11.3 Å². The molecule has 0 radical (unpaired) electrons. The Balaban J connectivity index is 2.08. The van der Waals surface area contributed by atoms with Crippen LogP contribution < -0.4 is 10.1 Å². The summed E-state index contributed by atoms with van der Waals surface area (Å²) in [5.74, 6) is -0.0541. The molecule has 9 heteroatoms. The van der Waals surface area contributed by atoms with Gasteiger partial charge >= 0.3 is 0 Å². The van der Waals surface area contributed by atoms with Crippen LogP contribution in [0.2, 0.25) is 10.0 Å². The fourth-order valence-corrected chi connectivity index (χ4v) is 2.72. The van der Waals surface area contributed by atoms with Gasteiger partial charge in [-0.15, -0.1) is 0 Å². The zero-order valence-corrected chi connectivity index (χ0v) is 16.5. The largest absolute Gasteiger partial charge is 0.494 e. The monoisotopic (exact) mass is 411 g/mol. The predicted molar refractivity (Wildman–Crippen MR) is 106 cm³/mol. The van der Waals surface area contributed by atoms with Gasteiger partial charge in [0.1, 0.15) is 5.75 Å². The summed E-state index contributed by atoms with van der Waals surface area (Å²) in [6.45, 7) is 2.24. The van der Waals surface area contributed by atoms with Crippen molar-refractivity contribution in [3.63, 3.8) is 0 Å². The van der Waals surface area contributed by atoms with Crippen molar-refractivity contribution in [3.05, 3.63) is 62.1 Å². The van der Waals surface area contributed by atoms with Gasteiger partial charge in [-0.2, -0.15) is 0 Å². The van der Waals surface area contributed by atoms with Crippen molar-refractivity contribution >= 4 is 40.5 Å². The molecule has 0 aliphatic rings. The summed E-state index contributed by atoms with van der Waals surface area (Å²) in [6.07, 6.45) is 0. The average Bonchev–Trinajstić information content (AvgIpc) is 2.64. The maximum atomic E-state index is 12.6. The number of hydrogen-bond donors (Lipinski definition) is 1. The third-order valence-electron chi connectivity index (χ3n) is 4.11. The van der Waals surface area contributed by atoms with Gasteiger partial charge in [0.25, 0.3) is 5.69 Å². The van der Waals surface area contributed by atoms with Crippen molar-refractivity contribution in [1.29, 1.82) is 0 Å². The molecule has 1 amide bonds. The summed E-state index contributed by atoms with van der Waals surface area (Å²) >= 11 is 11.9. The summed E-state index contributed by atoms with van der Waals surface area (Å²) < 4.78 is 5.14. The van der Waals surface area contributed by atoms with Gasteiger partial charge in [0.15, 0.2) is 0 Å². The molecule has 0 unspecified atom stereocenters. The van der Waals surface area contributed by atoms with Gasteiger partial charge in [0.05, 0.1) is 39.9 Å². The summed E-state index contributed by atoms with van der Waals surface area (Å²) in [5, 5.41) is 14.5. The smallest absolute Gasteiger partial charge is 0.273 e. The number of non-ortho nitro benzene ring substituents is 1. The van der Waals surface area contributed by atoms with Crippen LogP contribution in [0.5, 0.6) is 5.75 Å². The number of likely N-dealkylation sites (N-methyl/N-ethyl adjacent to an activating group) is 1. The van der Waals surface area contributed by atoms with Gasteiger partial charge in [-0.05, 0) is 37.7 Å². The number of anilines is 1. The molecule has 2 aromatic carbocycles. The first-order chi connectivity index (χ1) is 12.7. The van der Waals surface area contributed by atoms with E-state index in [0.717, 1.165) is 5.56 Å². The van der Waals surface area contributed by atoms with E-state index in [0.29, 0.717) is 22.3 Å². The number of nitro groups is 1. The Morgan fingerprint density at radius 1 is 1.26 bits per heavy atom. The number of ether oxygens (including phenoxy) is 1. The highest BCUT2D eigenvalue weighted by Gasteiger charge is 2.21. The Morgan fingerprint density at radius 2 is 1.96 bits per heavy atom. The first-order valence-electron chi connectivity index (χ1n) is 8.00. The molecular weight excluding hydrogens is 393 g/mol. The maximum Gasteiger partial charge on any atom is 0.273 e. The quantitative estimate of drug-likeness (QED) is 0.539. The molecule has 7 nitrogen and oxygen atoms in total. The normalized spacial score (nSPS) is 11.9. The number of halogens is 2. The second-order valence-corrected chi connectivity index (χ2v) is 6.78. The minimum Gasteiger partial charge on any atom is -0.494 e. The first kappa shape index (κ1) is 21.0. The van der Waals surface area contributed by atoms with E-state index in [2.05, 4.69) is 5.32 Å². The molecule has 27 heavy (non-hydrogen) atoms. The van der Waals surface area contributed by atoms with Crippen LogP contribution in [0.1, 0.15) is 12.5 Å². The SMILES string of the molecule is COc1cc([N+](=O)[O-])ccc1NC(=O)[C@H](C)N(C)Cc1ccc(Cl)c(Cl)c1. The lowest BCUT2D eigenvalue weighted by Crippen LogP contribution is -2.39. The fraction of sp³-hybridized carbons (Fsp3) is 0.278. The average molecular weight is 412 g/mol. The maximum absolute atomic E-state index is 12.6. The number of rotatable bonds is 7. The van der Waals surface area contributed by atoms with Crippen molar-refractivity contribution in [2.24, 2.45) is 0 Å². The lowest BCUT2D eigenvalue weighted by Gasteiger charge is -2.24. The minimum absolute atomic E-state index is 0.116. The van der Waals surface area contributed by atoms with E-state index in [9.17, 15) is 14.9 Å². The molecule has 0 bridgehead atoms. The van der Waals surface area contributed by atoms with Crippen molar-refractivity contribution in [2.45, 2.75) is 19.5 Å². The zero-order valence-electron chi connectivity index (χ0n) is 15.0. The van der Waals surface area contributed by atoms with Crippen molar-refractivity contribution in [2.75, 3.05) is 19.5 Å². The van der Waals surface area contributed by atoms with Crippen molar-refractivity contribution in [3.8, 4) is 5.75 Å². The highest BCUT2D eigenvalue weighted by molar-refractivity contribution is 6.42. The van der Waals surface area contributed by atoms with Gasteiger partial charge in [-0.3, -0.25) is 19.8 Å². The summed E-state index contributed by atoms with van der Waals surface area (Å²) in [5.41, 5.74) is 1.16. The van der Waals surface area contributed by atoms with Crippen molar-refractivity contribution in [1.82, 2.24) is 4.90 Å². The molecule has 0 aliphatic carbocycles. The molecule has 1 atom stereocenters. The van der Waals surface area contributed by atoms with Gasteiger partial charge in [0.2, 0.25) is 5.91 Å². The van der Waals surface area contributed by atoms with Gasteiger partial charge in [-0.1, -0.05) is 29.3 Å². The standard InChI is InChI=1S/C18H19Cl2N3O4/c1-11(22(2)10-12-4-6-14(19)15(20)8-12)18(24)21-16-7-5-13(23(25)26)9-17(16)27-3/h4-9,11H,10H2,1-3H3,(H,21,24)/t11-/m0/s1.